The van der Waals surface area contributed by atoms with Crippen LogP contribution in [-0.2, 0) is 16.4 Å². The summed E-state index contributed by atoms with van der Waals surface area (Å²) in [6.07, 6.45) is 0.486. The fraction of sp³-hybridized carbons (Fsp3) is 0.200. The van der Waals surface area contributed by atoms with Gasteiger partial charge >= 0.3 is 0 Å². The monoisotopic (exact) mass is 290 g/mol. The SMILES string of the molecule is CN(c1ccccc1N)S(=O)(=O)CCc1ccccc1. The topological polar surface area (TPSA) is 63.4 Å². The van der Waals surface area contributed by atoms with E-state index in [1.54, 1.807) is 24.3 Å². The van der Waals surface area contributed by atoms with Crippen molar-refractivity contribution in [3.05, 3.63) is 60.2 Å². The van der Waals surface area contributed by atoms with Gasteiger partial charge in [0.15, 0.2) is 0 Å². The highest BCUT2D eigenvalue weighted by molar-refractivity contribution is 7.92. The van der Waals surface area contributed by atoms with Crippen LogP contribution in [0.3, 0.4) is 0 Å². The molecule has 0 amide bonds. The van der Waals surface area contributed by atoms with E-state index in [9.17, 15) is 8.42 Å². The summed E-state index contributed by atoms with van der Waals surface area (Å²) in [6.45, 7) is 0. The van der Waals surface area contributed by atoms with Crippen molar-refractivity contribution in [3.63, 3.8) is 0 Å². The molecule has 0 bridgehead atoms. The average molecular weight is 290 g/mol. The van der Waals surface area contributed by atoms with E-state index in [2.05, 4.69) is 0 Å². The van der Waals surface area contributed by atoms with Gasteiger partial charge in [-0.2, -0.15) is 0 Å². The highest BCUT2D eigenvalue weighted by Crippen LogP contribution is 2.24. The van der Waals surface area contributed by atoms with Crippen LogP contribution in [-0.4, -0.2) is 21.2 Å². The zero-order chi connectivity index (χ0) is 14.6. The van der Waals surface area contributed by atoms with Crippen LogP contribution in [0.15, 0.2) is 54.6 Å². The highest BCUT2D eigenvalue weighted by Gasteiger charge is 2.19. The smallest absolute Gasteiger partial charge is 0.235 e. The van der Waals surface area contributed by atoms with Crippen molar-refractivity contribution in [2.75, 3.05) is 22.8 Å². The Morgan fingerprint density at radius 2 is 1.60 bits per heavy atom. The van der Waals surface area contributed by atoms with Crippen molar-refractivity contribution < 1.29 is 8.42 Å². The Morgan fingerprint density at radius 3 is 2.25 bits per heavy atom. The van der Waals surface area contributed by atoms with Gasteiger partial charge in [0, 0.05) is 7.05 Å². The van der Waals surface area contributed by atoms with Crippen molar-refractivity contribution in [2.45, 2.75) is 6.42 Å². The van der Waals surface area contributed by atoms with E-state index in [4.69, 9.17) is 5.73 Å². The number of rotatable bonds is 5. The Bertz CT molecular complexity index is 669. The van der Waals surface area contributed by atoms with Crippen molar-refractivity contribution in [1.82, 2.24) is 0 Å². The Balaban J connectivity index is 2.13. The van der Waals surface area contributed by atoms with E-state index in [0.29, 0.717) is 17.8 Å². The molecule has 5 heteroatoms. The van der Waals surface area contributed by atoms with Crippen molar-refractivity contribution in [1.29, 1.82) is 0 Å². The van der Waals surface area contributed by atoms with Gasteiger partial charge in [0.2, 0.25) is 10.0 Å². The summed E-state index contributed by atoms with van der Waals surface area (Å²) >= 11 is 0. The van der Waals surface area contributed by atoms with E-state index in [1.165, 1.54) is 11.4 Å². The first-order valence-corrected chi connectivity index (χ1v) is 7.96. The van der Waals surface area contributed by atoms with E-state index in [1.807, 2.05) is 30.3 Å². The summed E-state index contributed by atoms with van der Waals surface area (Å²) in [5, 5.41) is 0. The summed E-state index contributed by atoms with van der Waals surface area (Å²) in [5.41, 5.74) is 7.80. The van der Waals surface area contributed by atoms with Gasteiger partial charge in [-0.05, 0) is 24.1 Å². The van der Waals surface area contributed by atoms with Crippen molar-refractivity contribution >= 4 is 21.4 Å². The van der Waals surface area contributed by atoms with Crippen LogP contribution in [0.25, 0.3) is 0 Å². The summed E-state index contributed by atoms with van der Waals surface area (Å²) in [7, 11) is -1.85. The molecule has 0 saturated heterocycles. The number of aryl methyl sites for hydroxylation is 1. The third kappa shape index (κ3) is 3.30. The summed E-state index contributed by atoms with van der Waals surface area (Å²) in [4.78, 5) is 0. The Kier molecular flexibility index (Phi) is 4.29. The molecule has 0 fully saturated rings. The number of nitrogen functional groups attached to an aromatic ring is 1. The second kappa shape index (κ2) is 5.96. The number of hydrogen-bond acceptors (Lipinski definition) is 3. The van der Waals surface area contributed by atoms with E-state index in [-0.39, 0.29) is 5.75 Å². The first-order chi connectivity index (χ1) is 9.50. The molecular weight excluding hydrogens is 272 g/mol. The van der Waals surface area contributed by atoms with Gasteiger partial charge in [-0.1, -0.05) is 42.5 Å². The maximum atomic E-state index is 12.3. The molecule has 2 aromatic carbocycles. The number of anilines is 2. The molecule has 0 aromatic heterocycles. The first-order valence-electron chi connectivity index (χ1n) is 6.36. The van der Waals surface area contributed by atoms with E-state index < -0.39 is 10.0 Å². The van der Waals surface area contributed by atoms with Gasteiger partial charge < -0.3 is 5.73 Å². The zero-order valence-electron chi connectivity index (χ0n) is 11.4. The molecule has 0 heterocycles. The van der Waals surface area contributed by atoms with Gasteiger partial charge in [-0.25, -0.2) is 8.42 Å². The molecular formula is C15H18N2O2S. The maximum absolute atomic E-state index is 12.3. The summed E-state index contributed by atoms with van der Waals surface area (Å²) in [5.74, 6) is 0.0574. The number of nitrogens with two attached hydrogens (primary N) is 1. The normalized spacial score (nSPS) is 11.2. The number of para-hydroxylation sites is 2. The minimum absolute atomic E-state index is 0.0574. The van der Waals surface area contributed by atoms with Crippen LogP contribution in [0, 0.1) is 0 Å². The Morgan fingerprint density at radius 1 is 1.00 bits per heavy atom. The van der Waals surface area contributed by atoms with Crippen LogP contribution in [0.2, 0.25) is 0 Å². The largest absolute Gasteiger partial charge is 0.397 e. The molecule has 0 spiro atoms. The predicted octanol–water partition coefficient (Wildman–Crippen LogP) is 2.28. The zero-order valence-corrected chi connectivity index (χ0v) is 12.2. The van der Waals surface area contributed by atoms with Crippen LogP contribution in [0.1, 0.15) is 5.56 Å². The number of nitrogens with zero attached hydrogens (tertiary/aromatic N) is 1. The number of sulfonamides is 1. The molecule has 4 nitrogen and oxygen atoms in total. The lowest BCUT2D eigenvalue weighted by molar-refractivity contribution is 0.593. The lowest BCUT2D eigenvalue weighted by Crippen LogP contribution is -2.30. The maximum Gasteiger partial charge on any atom is 0.235 e. The van der Waals surface area contributed by atoms with Crippen LogP contribution >= 0.6 is 0 Å². The van der Waals surface area contributed by atoms with E-state index >= 15 is 0 Å². The Hall–Kier alpha value is -2.01. The third-order valence-corrected chi connectivity index (χ3v) is 4.94. The van der Waals surface area contributed by atoms with Crippen molar-refractivity contribution in [2.24, 2.45) is 0 Å². The molecule has 106 valence electrons. The van der Waals surface area contributed by atoms with Gasteiger partial charge in [0.05, 0.1) is 17.1 Å². The lowest BCUT2D eigenvalue weighted by Gasteiger charge is -2.21. The Labute approximate surface area is 119 Å². The fourth-order valence-corrected chi connectivity index (χ4v) is 3.19. The quantitative estimate of drug-likeness (QED) is 0.859. The molecule has 0 aliphatic carbocycles. The molecule has 2 aromatic rings. The van der Waals surface area contributed by atoms with E-state index in [0.717, 1.165) is 5.56 Å². The summed E-state index contributed by atoms with van der Waals surface area (Å²) in [6, 6.07) is 16.5. The average Bonchev–Trinajstić information content (AvgIpc) is 2.46. The molecule has 2 N–H and O–H groups in total. The third-order valence-electron chi connectivity index (χ3n) is 3.18. The van der Waals surface area contributed by atoms with Crippen LogP contribution < -0.4 is 10.0 Å². The van der Waals surface area contributed by atoms with Crippen LogP contribution in [0.4, 0.5) is 11.4 Å². The molecule has 0 atom stereocenters. The molecule has 0 saturated carbocycles. The summed E-state index contributed by atoms with van der Waals surface area (Å²) < 4.78 is 25.9. The number of hydrogen-bond donors (Lipinski definition) is 1. The minimum Gasteiger partial charge on any atom is -0.397 e. The second-order valence-corrected chi connectivity index (χ2v) is 6.70. The van der Waals surface area contributed by atoms with Crippen molar-refractivity contribution in [3.8, 4) is 0 Å². The second-order valence-electron chi connectivity index (χ2n) is 4.58. The fourth-order valence-electron chi connectivity index (χ4n) is 1.95. The standard InChI is InChI=1S/C15H18N2O2S/c1-17(15-10-6-5-9-14(15)16)20(18,19)12-11-13-7-3-2-4-8-13/h2-10H,11-12,16H2,1H3. The lowest BCUT2D eigenvalue weighted by atomic mass is 10.2. The van der Waals surface area contributed by atoms with Gasteiger partial charge in [-0.15, -0.1) is 0 Å². The minimum atomic E-state index is -3.38. The molecule has 2 rings (SSSR count). The molecule has 0 unspecified atom stereocenters. The number of benzene rings is 2. The molecule has 0 radical (unpaired) electrons. The van der Waals surface area contributed by atoms with Gasteiger partial charge in [0.25, 0.3) is 0 Å². The van der Waals surface area contributed by atoms with Crippen LogP contribution in [0.5, 0.6) is 0 Å². The van der Waals surface area contributed by atoms with Gasteiger partial charge in [0.1, 0.15) is 0 Å². The highest BCUT2D eigenvalue weighted by atomic mass is 32.2. The molecule has 0 aliphatic rings. The van der Waals surface area contributed by atoms with Gasteiger partial charge in [-0.3, -0.25) is 4.31 Å². The first kappa shape index (κ1) is 14.4. The molecule has 20 heavy (non-hydrogen) atoms. The predicted molar refractivity (Wildman–Crippen MR) is 83.2 cm³/mol. The molecule has 0 aliphatic heterocycles.